The SMILES string of the molecule is CC(=O)CC(CCC(=O)O)C/C(=C(\ON)C1CC(CCC(C)C)C1)C1CC1. The van der Waals surface area contributed by atoms with Gasteiger partial charge in [-0.1, -0.05) is 26.7 Å². The molecule has 2 rings (SSSR count). The van der Waals surface area contributed by atoms with E-state index in [2.05, 4.69) is 13.8 Å². The molecule has 2 saturated carbocycles. The van der Waals surface area contributed by atoms with Crippen molar-refractivity contribution in [3.8, 4) is 0 Å². The molecule has 0 aromatic carbocycles. The molecule has 1 atom stereocenters. The monoisotopic (exact) mass is 379 g/mol. The highest BCUT2D eigenvalue weighted by Gasteiger charge is 2.38. The Morgan fingerprint density at radius 1 is 1.11 bits per heavy atom. The van der Waals surface area contributed by atoms with Crippen LogP contribution in [0.4, 0.5) is 0 Å². The molecule has 1 unspecified atom stereocenters. The molecule has 0 amide bonds. The Balaban J connectivity index is 2.03. The van der Waals surface area contributed by atoms with E-state index in [0.717, 1.165) is 49.7 Å². The normalized spacial score (nSPS) is 24.2. The molecule has 2 aliphatic rings. The largest absolute Gasteiger partial charge is 0.481 e. The Kier molecular flexibility index (Phi) is 8.33. The van der Waals surface area contributed by atoms with Gasteiger partial charge in [-0.3, -0.25) is 4.79 Å². The molecule has 2 aliphatic carbocycles. The third-order valence-corrected chi connectivity index (χ3v) is 6.12. The summed E-state index contributed by atoms with van der Waals surface area (Å²) in [5.41, 5.74) is 1.27. The molecule has 0 aliphatic heterocycles. The first-order chi connectivity index (χ1) is 12.8. The van der Waals surface area contributed by atoms with Crippen LogP contribution in [0.25, 0.3) is 0 Å². The molecule has 5 nitrogen and oxygen atoms in total. The average Bonchev–Trinajstić information content (AvgIpc) is 3.36. The van der Waals surface area contributed by atoms with Gasteiger partial charge >= 0.3 is 5.97 Å². The van der Waals surface area contributed by atoms with Crippen LogP contribution in [0, 0.1) is 29.6 Å². The van der Waals surface area contributed by atoms with Gasteiger partial charge in [0.25, 0.3) is 0 Å². The zero-order chi connectivity index (χ0) is 20.0. The molecule has 0 bridgehead atoms. The number of carboxylic acid groups (broad SMARTS) is 1. The fraction of sp³-hybridized carbons (Fsp3) is 0.818. The Morgan fingerprint density at radius 2 is 1.78 bits per heavy atom. The number of ketones is 1. The second kappa shape index (κ2) is 10.3. The van der Waals surface area contributed by atoms with Crippen LogP contribution >= 0.6 is 0 Å². The molecule has 5 heteroatoms. The van der Waals surface area contributed by atoms with Crippen molar-refractivity contribution in [3.05, 3.63) is 11.3 Å². The van der Waals surface area contributed by atoms with Crippen molar-refractivity contribution >= 4 is 11.8 Å². The van der Waals surface area contributed by atoms with Gasteiger partial charge in [-0.05, 0) is 74.7 Å². The average molecular weight is 380 g/mol. The van der Waals surface area contributed by atoms with Crippen LogP contribution in [0.15, 0.2) is 11.3 Å². The van der Waals surface area contributed by atoms with Crippen LogP contribution in [0.1, 0.15) is 85.0 Å². The maximum atomic E-state index is 11.7. The van der Waals surface area contributed by atoms with Crippen molar-refractivity contribution in [3.63, 3.8) is 0 Å². The van der Waals surface area contributed by atoms with Crippen molar-refractivity contribution in [1.82, 2.24) is 0 Å². The lowest BCUT2D eigenvalue weighted by Gasteiger charge is -2.37. The minimum Gasteiger partial charge on any atom is -0.481 e. The molecule has 0 heterocycles. The Morgan fingerprint density at radius 3 is 2.26 bits per heavy atom. The number of hydrogen-bond donors (Lipinski definition) is 2. The topological polar surface area (TPSA) is 89.6 Å². The van der Waals surface area contributed by atoms with Crippen LogP contribution in [0.2, 0.25) is 0 Å². The lowest BCUT2D eigenvalue weighted by Crippen LogP contribution is -2.29. The molecule has 0 aromatic rings. The number of allylic oxidation sites excluding steroid dienone is 2. The maximum absolute atomic E-state index is 11.7. The Bertz CT molecular complexity index is 545. The van der Waals surface area contributed by atoms with Crippen molar-refractivity contribution in [1.29, 1.82) is 0 Å². The summed E-state index contributed by atoms with van der Waals surface area (Å²) in [5, 5.41) is 9.02. The zero-order valence-electron chi connectivity index (χ0n) is 17.2. The smallest absolute Gasteiger partial charge is 0.303 e. The van der Waals surface area contributed by atoms with Gasteiger partial charge in [-0.25, -0.2) is 0 Å². The summed E-state index contributed by atoms with van der Waals surface area (Å²) in [6.45, 7) is 6.11. The van der Waals surface area contributed by atoms with E-state index in [4.69, 9.17) is 15.8 Å². The van der Waals surface area contributed by atoms with Crippen molar-refractivity contribution in [2.24, 2.45) is 35.5 Å². The van der Waals surface area contributed by atoms with Gasteiger partial charge in [0.05, 0.1) is 0 Å². The van der Waals surface area contributed by atoms with Crippen molar-refractivity contribution in [2.75, 3.05) is 0 Å². The van der Waals surface area contributed by atoms with Crippen molar-refractivity contribution in [2.45, 2.75) is 85.0 Å². The number of aliphatic carboxylic acids is 1. The zero-order valence-corrected chi connectivity index (χ0v) is 17.2. The molecular formula is C22H37NO4. The lowest BCUT2D eigenvalue weighted by atomic mass is 9.70. The summed E-state index contributed by atoms with van der Waals surface area (Å²) in [7, 11) is 0. The van der Waals surface area contributed by atoms with E-state index >= 15 is 0 Å². The predicted octanol–water partition coefficient (Wildman–Crippen LogP) is 4.85. The molecule has 0 spiro atoms. The van der Waals surface area contributed by atoms with Crippen LogP contribution in [0.5, 0.6) is 0 Å². The molecule has 3 N–H and O–H groups in total. The standard InChI is InChI=1S/C22H37NO4/c1-14(2)4-5-17-11-19(12-17)22(27-23)20(18-7-8-18)13-16(10-15(3)24)6-9-21(25)26/h14,16-19H,4-13,23H2,1-3H3,(H,25,26)/b22-20+. The lowest BCUT2D eigenvalue weighted by molar-refractivity contribution is -0.137. The molecular weight excluding hydrogens is 342 g/mol. The van der Waals surface area contributed by atoms with E-state index in [1.807, 2.05) is 0 Å². The number of rotatable bonds is 13. The second-order valence-electron chi connectivity index (χ2n) is 9.20. The molecule has 0 radical (unpaired) electrons. The summed E-state index contributed by atoms with van der Waals surface area (Å²) in [5.74, 6) is 8.45. The summed E-state index contributed by atoms with van der Waals surface area (Å²) >= 11 is 0. The summed E-state index contributed by atoms with van der Waals surface area (Å²) in [6.07, 6.45) is 8.95. The van der Waals surface area contributed by atoms with Gasteiger partial charge in [-0.2, -0.15) is 5.90 Å². The summed E-state index contributed by atoms with van der Waals surface area (Å²) in [4.78, 5) is 28.0. The van der Waals surface area contributed by atoms with Crippen LogP contribution in [-0.4, -0.2) is 16.9 Å². The van der Waals surface area contributed by atoms with Gasteiger partial charge in [0.15, 0.2) is 0 Å². The minimum absolute atomic E-state index is 0.0659. The molecule has 27 heavy (non-hydrogen) atoms. The minimum atomic E-state index is -0.803. The Hall–Kier alpha value is -1.36. The third-order valence-electron chi connectivity index (χ3n) is 6.12. The van der Waals surface area contributed by atoms with Crippen LogP contribution < -0.4 is 5.90 Å². The van der Waals surface area contributed by atoms with E-state index in [9.17, 15) is 9.59 Å². The molecule has 0 aromatic heterocycles. The second-order valence-corrected chi connectivity index (χ2v) is 9.20. The number of carboxylic acids is 1. The number of nitrogens with two attached hydrogens (primary N) is 1. The number of Topliss-reactive ketones (excluding diaryl/α,β-unsaturated/α-hetero) is 1. The van der Waals surface area contributed by atoms with Crippen molar-refractivity contribution < 1.29 is 19.5 Å². The van der Waals surface area contributed by atoms with E-state index in [1.54, 1.807) is 6.92 Å². The fourth-order valence-electron chi connectivity index (χ4n) is 4.41. The molecule has 0 saturated heterocycles. The van der Waals surface area contributed by atoms with Crippen LogP contribution in [0.3, 0.4) is 0 Å². The van der Waals surface area contributed by atoms with Gasteiger partial charge in [-0.15, -0.1) is 0 Å². The van der Waals surface area contributed by atoms with Crippen LogP contribution in [-0.2, 0) is 14.4 Å². The van der Waals surface area contributed by atoms with E-state index in [-0.39, 0.29) is 18.1 Å². The quantitative estimate of drug-likeness (QED) is 0.352. The van der Waals surface area contributed by atoms with Gasteiger partial charge in [0, 0.05) is 18.8 Å². The van der Waals surface area contributed by atoms with E-state index in [0.29, 0.717) is 24.7 Å². The summed E-state index contributed by atoms with van der Waals surface area (Å²) < 4.78 is 0. The first-order valence-corrected chi connectivity index (χ1v) is 10.6. The Labute approximate surface area is 163 Å². The number of carbonyl (C=O) groups excluding carboxylic acids is 1. The van der Waals surface area contributed by atoms with Gasteiger partial charge < -0.3 is 14.7 Å². The number of carbonyl (C=O) groups is 2. The van der Waals surface area contributed by atoms with E-state index in [1.165, 1.54) is 18.4 Å². The molecule has 154 valence electrons. The van der Waals surface area contributed by atoms with Gasteiger partial charge in [0.2, 0.25) is 0 Å². The van der Waals surface area contributed by atoms with Gasteiger partial charge in [0.1, 0.15) is 11.5 Å². The highest BCUT2D eigenvalue weighted by atomic mass is 16.6. The van der Waals surface area contributed by atoms with E-state index < -0.39 is 5.97 Å². The molecule has 2 fully saturated rings. The maximum Gasteiger partial charge on any atom is 0.303 e. The highest BCUT2D eigenvalue weighted by Crippen LogP contribution is 2.48. The number of hydrogen-bond acceptors (Lipinski definition) is 4. The fourth-order valence-corrected chi connectivity index (χ4v) is 4.41. The predicted molar refractivity (Wildman–Crippen MR) is 106 cm³/mol. The first-order valence-electron chi connectivity index (χ1n) is 10.6. The summed E-state index contributed by atoms with van der Waals surface area (Å²) in [6, 6.07) is 0. The highest BCUT2D eigenvalue weighted by molar-refractivity contribution is 5.75. The third kappa shape index (κ3) is 7.28. The first kappa shape index (κ1) is 21.9.